The third kappa shape index (κ3) is 3.85. The van der Waals surface area contributed by atoms with E-state index in [1.807, 2.05) is 7.05 Å². The van der Waals surface area contributed by atoms with Gasteiger partial charge in [0.05, 0.1) is 0 Å². The monoisotopic (exact) mass is 350 g/mol. The fraction of sp³-hybridized carbons (Fsp3) is 0.500. The number of likely N-dealkylation sites (tertiary alicyclic amines) is 1. The average Bonchev–Trinajstić information content (AvgIpc) is 3.36. The Balaban J connectivity index is 1.33. The van der Waals surface area contributed by atoms with Crippen LogP contribution >= 0.6 is 0 Å². The number of benzene rings is 2. The lowest BCUT2D eigenvalue weighted by Crippen LogP contribution is -2.45. The van der Waals surface area contributed by atoms with E-state index in [2.05, 4.69) is 63.0 Å². The molecular weight excluding hydrogens is 320 g/mol. The lowest BCUT2D eigenvalue weighted by atomic mass is 10.0. The fourth-order valence-corrected chi connectivity index (χ4v) is 4.52. The Hall–Kier alpha value is -2.07. The molecule has 4 heteroatoms. The molecule has 1 saturated heterocycles. The second kappa shape index (κ2) is 8.09. The van der Waals surface area contributed by atoms with Crippen LogP contribution in [-0.2, 0) is 6.54 Å². The van der Waals surface area contributed by atoms with E-state index in [9.17, 15) is 0 Å². The fourth-order valence-electron chi connectivity index (χ4n) is 4.52. The summed E-state index contributed by atoms with van der Waals surface area (Å²) >= 11 is 0. The molecule has 0 amide bonds. The highest BCUT2D eigenvalue weighted by Crippen LogP contribution is 2.26. The molecule has 138 valence electrons. The van der Waals surface area contributed by atoms with Crippen molar-refractivity contribution in [1.29, 1.82) is 0 Å². The van der Waals surface area contributed by atoms with E-state index in [1.54, 1.807) is 0 Å². The summed E-state index contributed by atoms with van der Waals surface area (Å²) in [5.74, 6) is 0.913. The van der Waals surface area contributed by atoms with E-state index in [0.717, 1.165) is 25.1 Å². The minimum atomic E-state index is 0.509. The standard InChI is InChI=1S/C22H30N4/c1-23-22(25-19-13-14-26(16-19)20-10-3-4-11-20)24-15-18-9-6-8-17-7-2-5-12-21(17)18/h2,5-9,12,19-20H,3-4,10-11,13-16H2,1H3,(H2,23,24,25). The Morgan fingerprint density at radius 3 is 2.73 bits per heavy atom. The molecule has 4 nitrogen and oxygen atoms in total. The number of rotatable bonds is 4. The van der Waals surface area contributed by atoms with Gasteiger partial charge in [0.15, 0.2) is 5.96 Å². The highest BCUT2D eigenvalue weighted by Gasteiger charge is 2.30. The van der Waals surface area contributed by atoms with Gasteiger partial charge in [-0.3, -0.25) is 9.89 Å². The van der Waals surface area contributed by atoms with E-state index >= 15 is 0 Å². The van der Waals surface area contributed by atoms with E-state index < -0.39 is 0 Å². The molecule has 1 atom stereocenters. The Kier molecular flexibility index (Phi) is 5.40. The molecule has 2 aromatic carbocycles. The molecule has 2 fully saturated rings. The molecule has 0 radical (unpaired) electrons. The molecule has 1 aliphatic carbocycles. The highest BCUT2D eigenvalue weighted by molar-refractivity contribution is 5.86. The van der Waals surface area contributed by atoms with Gasteiger partial charge in [0.1, 0.15) is 0 Å². The van der Waals surface area contributed by atoms with Crippen molar-refractivity contribution in [3.63, 3.8) is 0 Å². The number of aliphatic imine (C=N–C) groups is 1. The topological polar surface area (TPSA) is 39.7 Å². The molecule has 1 aliphatic heterocycles. The van der Waals surface area contributed by atoms with Crippen LogP contribution in [0.1, 0.15) is 37.7 Å². The van der Waals surface area contributed by atoms with E-state index in [0.29, 0.717) is 6.04 Å². The summed E-state index contributed by atoms with van der Waals surface area (Å²) in [5.41, 5.74) is 1.31. The summed E-state index contributed by atoms with van der Waals surface area (Å²) < 4.78 is 0. The van der Waals surface area contributed by atoms with Crippen LogP contribution in [0.5, 0.6) is 0 Å². The van der Waals surface area contributed by atoms with Crippen LogP contribution in [0.15, 0.2) is 47.5 Å². The summed E-state index contributed by atoms with van der Waals surface area (Å²) in [7, 11) is 1.86. The van der Waals surface area contributed by atoms with Crippen molar-refractivity contribution in [2.75, 3.05) is 20.1 Å². The van der Waals surface area contributed by atoms with Crippen LogP contribution in [0, 0.1) is 0 Å². The summed E-state index contributed by atoms with van der Waals surface area (Å²) in [6.45, 7) is 3.17. The van der Waals surface area contributed by atoms with E-state index in [4.69, 9.17) is 0 Å². The maximum absolute atomic E-state index is 4.45. The van der Waals surface area contributed by atoms with Gasteiger partial charge in [-0.15, -0.1) is 0 Å². The van der Waals surface area contributed by atoms with Gasteiger partial charge in [-0.2, -0.15) is 0 Å². The average molecular weight is 351 g/mol. The van der Waals surface area contributed by atoms with Crippen molar-refractivity contribution >= 4 is 16.7 Å². The van der Waals surface area contributed by atoms with Gasteiger partial charge >= 0.3 is 0 Å². The summed E-state index contributed by atoms with van der Waals surface area (Å²) in [5, 5.41) is 9.74. The lowest BCUT2D eigenvalue weighted by molar-refractivity contribution is 0.242. The molecule has 2 aromatic rings. The highest BCUT2D eigenvalue weighted by atomic mass is 15.3. The van der Waals surface area contributed by atoms with Crippen molar-refractivity contribution in [3.05, 3.63) is 48.0 Å². The number of fused-ring (bicyclic) bond motifs is 1. The van der Waals surface area contributed by atoms with Crippen LogP contribution < -0.4 is 10.6 Å². The Morgan fingerprint density at radius 1 is 1.08 bits per heavy atom. The van der Waals surface area contributed by atoms with Crippen LogP contribution in [0.25, 0.3) is 10.8 Å². The van der Waals surface area contributed by atoms with Gasteiger partial charge < -0.3 is 10.6 Å². The minimum Gasteiger partial charge on any atom is -0.352 e. The molecule has 4 rings (SSSR count). The number of hydrogen-bond donors (Lipinski definition) is 2. The number of nitrogens with zero attached hydrogens (tertiary/aromatic N) is 2. The second-order valence-corrected chi connectivity index (χ2v) is 7.63. The van der Waals surface area contributed by atoms with Crippen molar-refractivity contribution in [2.45, 2.75) is 50.7 Å². The first kappa shape index (κ1) is 17.3. The minimum absolute atomic E-state index is 0.509. The molecule has 2 aliphatic rings. The molecule has 1 heterocycles. The number of nitrogens with one attached hydrogen (secondary N) is 2. The molecule has 0 aromatic heterocycles. The SMILES string of the molecule is CN=C(NCc1cccc2ccccc12)NC1CCN(C2CCCC2)C1. The lowest BCUT2D eigenvalue weighted by Gasteiger charge is -2.24. The van der Waals surface area contributed by atoms with Gasteiger partial charge in [0.2, 0.25) is 0 Å². The summed E-state index contributed by atoms with van der Waals surface area (Å²) in [6.07, 6.45) is 6.81. The quantitative estimate of drug-likeness (QED) is 0.655. The molecule has 1 saturated carbocycles. The largest absolute Gasteiger partial charge is 0.352 e. The van der Waals surface area contributed by atoms with Crippen LogP contribution in [0.3, 0.4) is 0 Å². The molecule has 0 bridgehead atoms. The van der Waals surface area contributed by atoms with Crippen molar-refractivity contribution < 1.29 is 0 Å². The second-order valence-electron chi connectivity index (χ2n) is 7.63. The maximum Gasteiger partial charge on any atom is 0.191 e. The zero-order valence-electron chi connectivity index (χ0n) is 15.7. The van der Waals surface area contributed by atoms with Gasteiger partial charge in [-0.25, -0.2) is 0 Å². The first-order chi connectivity index (χ1) is 12.8. The maximum atomic E-state index is 4.45. The summed E-state index contributed by atoms with van der Waals surface area (Å²) in [6, 6.07) is 16.4. The van der Waals surface area contributed by atoms with Gasteiger partial charge in [-0.1, -0.05) is 55.3 Å². The van der Waals surface area contributed by atoms with E-state index in [-0.39, 0.29) is 0 Å². The molecule has 0 spiro atoms. The number of hydrogen-bond acceptors (Lipinski definition) is 2. The Bertz CT molecular complexity index is 758. The first-order valence-electron chi connectivity index (χ1n) is 10.0. The summed E-state index contributed by atoms with van der Waals surface area (Å²) in [4.78, 5) is 7.13. The first-order valence-corrected chi connectivity index (χ1v) is 10.0. The molecule has 2 N–H and O–H groups in total. The van der Waals surface area contributed by atoms with Crippen LogP contribution in [0.4, 0.5) is 0 Å². The van der Waals surface area contributed by atoms with Crippen LogP contribution in [-0.4, -0.2) is 43.1 Å². The third-order valence-electron chi connectivity index (χ3n) is 5.95. The zero-order valence-corrected chi connectivity index (χ0v) is 15.7. The van der Waals surface area contributed by atoms with Crippen molar-refractivity contribution in [3.8, 4) is 0 Å². The van der Waals surface area contributed by atoms with Gasteiger partial charge in [-0.05, 0) is 35.6 Å². The Labute approximate surface area is 156 Å². The molecular formula is C22H30N4. The zero-order chi connectivity index (χ0) is 17.8. The van der Waals surface area contributed by atoms with Crippen molar-refractivity contribution in [1.82, 2.24) is 15.5 Å². The smallest absolute Gasteiger partial charge is 0.191 e. The van der Waals surface area contributed by atoms with Crippen molar-refractivity contribution in [2.24, 2.45) is 4.99 Å². The van der Waals surface area contributed by atoms with Gasteiger partial charge in [0, 0.05) is 38.8 Å². The van der Waals surface area contributed by atoms with Crippen LogP contribution in [0.2, 0.25) is 0 Å². The Morgan fingerprint density at radius 2 is 1.88 bits per heavy atom. The predicted molar refractivity (Wildman–Crippen MR) is 110 cm³/mol. The van der Waals surface area contributed by atoms with E-state index in [1.165, 1.54) is 55.0 Å². The normalized spacial score (nSPS) is 22.2. The molecule has 26 heavy (non-hydrogen) atoms. The third-order valence-corrected chi connectivity index (χ3v) is 5.95. The molecule has 1 unspecified atom stereocenters. The van der Waals surface area contributed by atoms with Gasteiger partial charge in [0.25, 0.3) is 0 Å². The number of guanidine groups is 1. The predicted octanol–water partition coefficient (Wildman–Crippen LogP) is 3.52.